The first-order valence-corrected chi connectivity index (χ1v) is 2.86. The molecule has 1 aliphatic heterocycles. The van der Waals surface area contributed by atoms with Gasteiger partial charge in [-0.15, -0.1) is 17.7 Å². The first-order valence-electron chi connectivity index (χ1n) is 1.93. The maximum absolute atomic E-state index is 4.59. The first kappa shape index (κ1) is 5.93. The van der Waals surface area contributed by atoms with Crippen LogP contribution < -0.4 is 10.9 Å². The van der Waals surface area contributed by atoms with Gasteiger partial charge in [0.05, 0.1) is 0 Å². The maximum atomic E-state index is 4.59. The molecule has 8 heavy (non-hydrogen) atoms. The summed E-state index contributed by atoms with van der Waals surface area (Å²) in [5.74, 6) is 0. The molecule has 6 heteroatoms. The maximum Gasteiger partial charge on any atom is 0.227 e. The SMILES string of the molecule is S=C1N=NC(S)NN1. The van der Waals surface area contributed by atoms with Crippen molar-refractivity contribution in [1.82, 2.24) is 10.9 Å². The van der Waals surface area contributed by atoms with Crippen LogP contribution in [0.3, 0.4) is 0 Å². The largest absolute Gasteiger partial charge is 0.292 e. The molecule has 2 N–H and O–H groups in total. The molecule has 44 valence electrons. The highest BCUT2D eigenvalue weighted by Gasteiger charge is 2.04. The third kappa shape index (κ3) is 1.39. The number of nitrogens with zero attached hydrogens (tertiary/aromatic N) is 2. The Bertz CT molecular complexity index is 132. The zero-order valence-electron chi connectivity index (χ0n) is 3.83. The summed E-state index contributed by atoms with van der Waals surface area (Å²) < 4.78 is 0. The van der Waals surface area contributed by atoms with Gasteiger partial charge in [-0.2, -0.15) is 5.11 Å². The lowest BCUT2D eigenvalue weighted by Crippen LogP contribution is -2.42. The van der Waals surface area contributed by atoms with Gasteiger partial charge >= 0.3 is 0 Å². The van der Waals surface area contributed by atoms with E-state index in [0.29, 0.717) is 5.11 Å². The number of hydrazine groups is 1. The van der Waals surface area contributed by atoms with E-state index in [9.17, 15) is 0 Å². The molecule has 0 aromatic carbocycles. The highest BCUT2D eigenvalue weighted by Crippen LogP contribution is 1.95. The molecule has 4 nitrogen and oxygen atoms in total. The fourth-order valence-corrected chi connectivity index (χ4v) is 0.510. The Hall–Kier alpha value is -0.200. The van der Waals surface area contributed by atoms with E-state index in [4.69, 9.17) is 0 Å². The summed E-state index contributed by atoms with van der Waals surface area (Å²) in [6.07, 6.45) is 0. The molecule has 0 aliphatic carbocycles. The van der Waals surface area contributed by atoms with Gasteiger partial charge in [-0.25, -0.2) is 5.43 Å². The van der Waals surface area contributed by atoms with E-state index in [1.54, 1.807) is 0 Å². The molecular weight excluding hydrogens is 144 g/mol. The molecule has 1 unspecified atom stereocenters. The van der Waals surface area contributed by atoms with Crippen molar-refractivity contribution in [3.8, 4) is 0 Å². The lowest BCUT2D eigenvalue weighted by atomic mass is 11.0. The summed E-state index contributed by atoms with van der Waals surface area (Å²) in [4.78, 5) is 0. The number of nitrogens with one attached hydrogen (secondary N) is 2. The Morgan fingerprint density at radius 2 is 2.50 bits per heavy atom. The van der Waals surface area contributed by atoms with Gasteiger partial charge in [0, 0.05) is 0 Å². The normalized spacial score (nSPS) is 27.6. The lowest BCUT2D eigenvalue weighted by molar-refractivity contribution is 0.590. The fourth-order valence-electron chi connectivity index (χ4n) is 0.287. The van der Waals surface area contributed by atoms with Crippen LogP contribution in [0.25, 0.3) is 0 Å². The van der Waals surface area contributed by atoms with Crippen molar-refractivity contribution < 1.29 is 0 Å². The van der Waals surface area contributed by atoms with Gasteiger partial charge in [0.25, 0.3) is 0 Å². The average molecular weight is 148 g/mol. The van der Waals surface area contributed by atoms with Gasteiger partial charge in [-0.3, -0.25) is 5.43 Å². The molecule has 1 atom stereocenters. The number of thiocarbonyl (C=S) groups is 1. The number of hydrogen-bond acceptors (Lipinski definition) is 4. The van der Waals surface area contributed by atoms with Crippen LogP contribution in [0.2, 0.25) is 0 Å². The molecule has 1 aliphatic rings. The average Bonchev–Trinajstić information content (AvgIpc) is 1.77. The lowest BCUT2D eigenvalue weighted by Gasteiger charge is -2.12. The number of azo groups is 1. The van der Waals surface area contributed by atoms with Crippen LogP contribution in [0.15, 0.2) is 10.2 Å². The fraction of sp³-hybridized carbons (Fsp3) is 0.500. The summed E-state index contributed by atoms with van der Waals surface area (Å²) in [7, 11) is 0. The van der Waals surface area contributed by atoms with Crippen molar-refractivity contribution in [2.45, 2.75) is 5.50 Å². The quantitative estimate of drug-likeness (QED) is 0.336. The summed E-state index contributed by atoms with van der Waals surface area (Å²) in [6, 6.07) is 0. The van der Waals surface area contributed by atoms with Crippen LogP contribution >= 0.6 is 24.8 Å². The molecule has 0 saturated heterocycles. The van der Waals surface area contributed by atoms with Crippen molar-refractivity contribution >= 4 is 30.0 Å². The zero-order valence-corrected chi connectivity index (χ0v) is 5.54. The summed E-state index contributed by atoms with van der Waals surface area (Å²) in [5.41, 5.74) is 4.94. The summed E-state index contributed by atoms with van der Waals surface area (Å²) in [6.45, 7) is 0. The molecule has 0 fully saturated rings. The molecule has 1 heterocycles. The van der Waals surface area contributed by atoms with Crippen LogP contribution in [-0.2, 0) is 0 Å². The summed E-state index contributed by atoms with van der Waals surface area (Å²) in [5, 5.41) is 7.45. The number of rotatable bonds is 0. The van der Waals surface area contributed by atoms with Crippen molar-refractivity contribution in [3.63, 3.8) is 0 Å². The molecular formula is C2H4N4S2. The monoisotopic (exact) mass is 148 g/mol. The van der Waals surface area contributed by atoms with Crippen LogP contribution in [0.4, 0.5) is 0 Å². The minimum Gasteiger partial charge on any atom is -0.292 e. The smallest absolute Gasteiger partial charge is 0.227 e. The molecule has 0 aromatic rings. The molecule has 0 saturated carbocycles. The van der Waals surface area contributed by atoms with Crippen molar-refractivity contribution in [1.29, 1.82) is 0 Å². The minimum atomic E-state index is -0.276. The van der Waals surface area contributed by atoms with E-state index in [1.807, 2.05) is 0 Å². The Kier molecular flexibility index (Phi) is 1.77. The summed E-state index contributed by atoms with van der Waals surface area (Å²) >= 11 is 8.50. The second kappa shape index (κ2) is 2.38. The highest BCUT2D eigenvalue weighted by atomic mass is 32.1. The van der Waals surface area contributed by atoms with Gasteiger partial charge in [-0.05, 0) is 12.2 Å². The standard InChI is InChI=1S/C2H4N4S2/c7-1-3-5-2(8)6-4-1/h1,3,7H,(H,5,8). The topological polar surface area (TPSA) is 48.8 Å². The van der Waals surface area contributed by atoms with E-state index >= 15 is 0 Å². The van der Waals surface area contributed by atoms with Gasteiger partial charge in [0.15, 0.2) is 5.50 Å². The second-order valence-electron chi connectivity index (χ2n) is 1.16. The van der Waals surface area contributed by atoms with Crippen LogP contribution in [-0.4, -0.2) is 10.6 Å². The Balaban J connectivity index is 2.55. The van der Waals surface area contributed by atoms with Crippen molar-refractivity contribution in [3.05, 3.63) is 0 Å². The third-order valence-electron chi connectivity index (χ3n) is 0.566. The molecule has 0 bridgehead atoms. The van der Waals surface area contributed by atoms with E-state index in [1.165, 1.54) is 0 Å². The Morgan fingerprint density at radius 1 is 1.75 bits per heavy atom. The number of hydrogen-bond donors (Lipinski definition) is 3. The highest BCUT2D eigenvalue weighted by molar-refractivity contribution is 7.81. The predicted molar refractivity (Wildman–Crippen MR) is 36.5 cm³/mol. The molecule has 0 aromatic heterocycles. The second-order valence-corrected chi connectivity index (χ2v) is 2.04. The van der Waals surface area contributed by atoms with Crippen molar-refractivity contribution in [2.75, 3.05) is 0 Å². The van der Waals surface area contributed by atoms with E-state index in [-0.39, 0.29) is 5.50 Å². The van der Waals surface area contributed by atoms with Gasteiger partial charge in [-0.1, -0.05) is 0 Å². The zero-order chi connectivity index (χ0) is 5.98. The van der Waals surface area contributed by atoms with Crippen molar-refractivity contribution in [2.24, 2.45) is 10.2 Å². The Morgan fingerprint density at radius 3 is 2.88 bits per heavy atom. The molecule has 0 amide bonds. The van der Waals surface area contributed by atoms with Gasteiger partial charge in [0.2, 0.25) is 5.11 Å². The first-order chi connectivity index (χ1) is 3.79. The Labute approximate surface area is 57.1 Å². The third-order valence-corrected chi connectivity index (χ3v) is 0.982. The molecule has 0 spiro atoms. The molecule has 1 rings (SSSR count). The number of thiol groups is 1. The molecule has 0 radical (unpaired) electrons. The minimum absolute atomic E-state index is 0.276. The van der Waals surface area contributed by atoms with E-state index in [0.717, 1.165) is 0 Å². The van der Waals surface area contributed by atoms with E-state index in [2.05, 4.69) is 45.9 Å². The van der Waals surface area contributed by atoms with Gasteiger partial charge < -0.3 is 0 Å². The van der Waals surface area contributed by atoms with Crippen LogP contribution in [0.5, 0.6) is 0 Å². The predicted octanol–water partition coefficient (Wildman–Crippen LogP) is 0.0447. The van der Waals surface area contributed by atoms with Crippen LogP contribution in [0.1, 0.15) is 0 Å². The van der Waals surface area contributed by atoms with Gasteiger partial charge in [0.1, 0.15) is 0 Å². The van der Waals surface area contributed by atoms with Crippen LogP contribution in [0, 0.1) is 0 Å². The van der Waals surface area contributed by atoms with E-state index < -0.39 is 0 Å².